The van der Waals surface area contributed by atoms with Gasteiger partial charge in [0.25, 0.3) is 10.2 Å². The molecule has 9 heteroatoms. The summed E-state index contributed by atoms with van der Waals surface area (Å²) in [5.41, 5.74) is 7.66. The molecule has 134 valence electrons. The SMILES string of the molecule is CN(C)S(=O)(=O)N1CCCC1c1nc(N)ncc1-c1ccc(F)cc1. The first kappa shape index (κ1) is 17.7. The molecule has 7 nitrogen and oxygen atoms in total. The fraction of sp³-hybridized carbons (Fsp3) is 0.375. The average Bonchev–Trinajstić information content (AvgIpc) is 3.06. The maximum Gasteiger partial charge on any atom is 0.282 e. The van der Waals surface area contributed by atoms with Crippen LogP contribution in [0.2, 0.25) is 0 Å². The van der Waals surface area contributed by atoms with E-state index in [4.69, 9.17) is 5.73 Å². The molecule has 3 rings (SSSR count). The Morgan fingerprint density at radius 3 is 2.60 bits per heavy atom. The molecule has 0 saturated carbocycles. The minimum Gasteiger partial charge on any atom is -0.368 e. The number of nitrogens with two attached hydrogens (primary N) is 1. The second-order valence-corrected chi connectivity index (χ2v) is 8.19. The number of hydrogen-bond acceptors (Lipinski definition) is 5. The van der Waals surface area contributed by atoms with E-state index in [0.717, 1.165) is 6.42 Å². The number of aromatic nitrogens is 2. The van der Waals surface area contributed by atoms with Crippen molar-refractivity contribution < 1.29 is 12.8 Å². The summed E-state index contributed by atoms with van der Waals surface area (Å²) in [5, 5.41) is 0. The molecule has 0 amide bonds. The van der Waals surface area contributed by atoms with E-state index in [2.05, 4.69) is 9.97 Å². The summed E-state index contributed by atoms with van der Waals surface area (Å²) in [6, 6.07) is 5.50. The maximum atomic E-state index is 13.2. The van der Waals surface area contributed by atoms with Gasteiger partial charge in [-0.3, -0.25) is 0 Å². The van der Waals surface area contributed by atoms with Crippen molar-refractivity contribution in [1.82, 2.24) is 18.6 Å². The lowest BCUT2D eigenvalue weighted by atomic mass is 10.0. The van der Waals surface area contributed by atoms with Gasteiger partial charge in [0, 0.05) is 32.4 Å². The van der Waals surface area contributed by atoms with Crippen molar-refractivity contribution in [3.05, 3.63) is 42.0 Å². The Balaban J connectivity index is 2.10. The van der Waals surface area contributed by atoms with Crippen LogP contribution in [0.4, 0.5) is 10.3 Å². The highest BCUT2D eigenvalue weighted by molar-refractivity contribution is 7.86. The van der Waals surface area contributed by atoms with Crippen LogP contribution >= 0.6 is 0 Å². The molecule has 1 aliphatic rings. The quantitative estimate of drug-likeness (QED) is 0.892. The Morgan fingerprint density at radius 1 is 1.28 bits per heavy atom. The zero-order valence-corrected chi connectivity index (χ0v) is 14.9. The number of nitrogen functional groups attached to an aromatic ring is 1. The van der Waals surface area contributed by atoms with E-state index in [9.17, 15) is 12.8 Å². The van der Waals surface area contributed by atoms with Gasteiger partial charge in [0.05, 0.1) is 11.7 Å². The molecular weight excluding hydrogens is 345 g/mol. The van der Waals surface area contributed by atoms with Crippen molar-refractivity contribution in [2.45, 2.75) is 18.9 Å². The van der Waals surface area contributed by atoms with Crippen molar-refractivity contribution >= 4 is 16.2 Å². The van der Waals surface area contributed by atoms with Gasteiger partial charge in [-0.2, -0.15) is 17.0 Å². The monoisotopic (exact) mass is 365 g/mol. The first-order chi connectivity index (χ1) is 11.8. The first-order valence-electron chi connectivity index (χ1n) is 7.88. The smallest absolute Gasteiger partial charge is 0.282 e. The zero-order valence-electron chi connectivity index (χ0n) is 14.1. The third-order valence-electron chi connectivity index (χ3n) is 4.27. The second-order valence-electron chi connectivity index (χ2n) is 6.09. The van der Waals surface area contributed by atoms with Crippen LogP contribution < -0.4 is 5.73 Å². The Bertz CT molecular complexity index is 871. The summed E-state index contributed by atoms with van der Waals surface area (Å²) >= 11 is 0. The highest BCUT2D eigenvalue weighted by atomic mass is 32.2. The van der Waals surface area contributed by atoms with Crippen molar-refractivity contribution in [2.75, 3.05) is 26.4 Å². The predicted molar refractivity (Wildman–Crippen MR) is 93.1 cm³/mol. The van der Waals surface area contributed by atoms with Gasteiger partial charge in [-0.1, -0.05) is 12.1 Å². The number of hydrogen-bond donors (Lipinski definition) is 1. The molecule has 2 aromatic rings. The normalized spacial score (nSPS) is 18.8. The Labute approximate surface area is 146 Å². The topological polar surface area (TPSA) is 92.4 Å². The summed E-state index contributed by atoms with van der Waals surface area (Å²) in [6.07, 6.45) is 2.92. The molecule has 0 spiro atoms. The molecule has 1 saturated heterocycles. The standard InChI is InChI=1S/C16H20FN5O2S/c1-21(2)25(23,24)22-9-3-4-14(22)15-13(10-19-16(18)20-15)11-5-7-12(17)8-6-11/h5-8,10,14H,3-4,9H2,1-2H3,(H2,18,19,20). The maximum absolute atomic E-state index is 13.2. The molecule has 0 radical (unpaired) electrons. The van der Waals surface area contributed by atoms with Gasteiger partial charge in [-0.15, -0.1) is 0 Å². The Morgan fingerprint density at radius 2 is 1.96 bits per heavy atom. The van der Waals surface area contributed by atoms with E-state index < -0.39 is 16.3 Å². The van der Waals surface area contributed by atoms with Crippen molar-refractivity contribution in [2.24, 2.45) is 0 Å². The molecule has 1 aromatic carbocycles. The predicted octanol–water partition coefficient (Wildman–Crippen LogP) is 1.81. The van der Waals surface area contributed by atoms with Gasteiger partial charge in [-0.25, -0.2) is 14.4 Å². The van der Waals surface area contributed by atoms with Crippen LogP contribution in [0, 0.1) is 5.82 Å². The number of benzene rings is 1. The van der Waals surface area contributed by atoms with Crippen molar-refractivity contribution in [3.63, 3.8) is 0 Å². The first-order valence-corrected chi connectivity index (χ1v) is 9.28. The summed E-state index contributed by atoms with van der Waals surface area (Å²) in [7, 11) is -0.587. The zero-order chi connectivity index (χ0) is 18.2. The van der Waals surface area contributed by atoms with Crippen LogP contribution in [0.1, 0.15) is 24.6 Å². The van der Waals surface area contributed by atoms with Crippen LogP contribution in [0.25, 0.3) is 11.1 Å². The summed E-state index contributed by atoms with van der Waals surface area (Å²) in [6.45, 7) is 0.415. The van der Waals surface area contributed by atoms with Gasteiger partial charge >= 0.3 is 0 Å². The molecule has 2 heterocycles. The van der Waals surface area contributed by atoms with E-state index in [1.165, 1.54) is 34.8 Å². The van der Waals surface area contributed by atoms with Gasteiger partial charge in [0.2, 0.25) is 5.95 Å². The van der Waals surface area contributed by atoms with Crippen molar-refractivity contribution in [3.8, 4) is 11.1 Å². The molecule has 0 aliphatic carbocycles. The van der Waals surface area contributed by atoms with Crippen molar-refractivity contribution in [1.29, 1.82) is 0 Å². The highest BCUT2D eigenvalue weighted by Gasteiger charge is 2.38. The minimum atomic E-state index is -3.59. The van der Waals surface area contributed by atoms with Crippen LogP contribution in [-0.4, -0.2) is 47.6 Å². The van der Waals surface area contributed by atoms with E-state index in [0.29, 0.717) is 29.8 Å². The molecule has 1 aromatic heterocycles. The third-order valence-corrected chi connectivity index (χ3v) is 6.22. The number of nitrogens with zero attached hydrogens (tertiary/aromatic N) is 4. The largest absolute Gasteiger partial charge is 0.368 e. The lowest BCUT2D eigenvalue weighted by Crippen LogP contribution is -2.39. The lowest BCUT2D eigenvalue weighted by Gasteiger charge is -2.27. The minimum absolute atomic E-state index is 0.0787. The van der Waals surface area contributed by atoms with Gasteiger partial charge in [0.15, 0.2) is 0 Å². The van der Waals surface area contributed by atoms with Gasteiger partial charge < -0.3 is 5.73 Å². The summed E-state index contributed by atoms with van der Waals surface area (Å²) < 4.78 is 41.1. The summed E-state index contributed by atoms with van der Waals surface area (Å²) in [4.78, 5) is 8.35. The van der Waals surface area contributed by atoms with Gasteiger partial charge in [-0.05, 0) is 30.5 Å². The van der Waals surface area contributed by atoms with Crippen LogP contribution in [0.3, 0.4) is 0 Å². The number of halogens is 1. The molecule has 0 bridgehead atoms. The summed E-state index contributed by atoms with van der Waals surface area (Å²) in [5.74, 6) is -0.269. The fourth-order valence-corrected chi connectivity index (χ4v) is 4.32. The average molecular weight is 365 g/mol. The molecule has 1 unspecified atom stereocenters. The molecular formula is C16H20FN5O2S. The Kier molecular flexibility index (Phi) is 4.72. The van der Waals surface area contributed by atoms with Crippen LogP contribution in [0.15, 0.2) is 30.5 Å². The fourth-order valence-electron chi connectivity index (χ4n) is 3.01. The van der Waals surface area contributed by atoms with Crippen LogP contribution in [0.5, 0.6) is 0 Å². The Hall–Kier alpha value is -2.10. The number of anilines is 1. The molecule has 1 atom stereocenters. The molecule has 1 fully saturated rings. The highest BCUT2D eigenvalue weighted by Crippen LogP contribution is 2.38. The molecule has 2 N–H and O–H groups in total. The van der Waals surface area contributed by atoms with E-state index in [1.54, 1.807) is 18.3 Å². The molecule has 25 heavy (non-hydrogen) atoms. The third kappa shape index (κ3) is 3.35. The number of rotatable bonds is 4. The second kappa shape index (κ2) is 6.66. The van der Waals surface area contributed by atoms with Crippen LogP contribution in [-0.2, 0) is 10.2 Å². The lowest BCUT2D eigenvalue weighted by molar-refractivity contribution is 0.358. The molecule has 1 aliphatic heterocycles. The van der Waals surface area contributed by atoms with E-state index >= 15 is 0 Å². The van der Waals surface area contributed by atoms with E-state index in [-0.39, 0.29) is 11.8 Å². The van der Waals surface area contributed by atoms with E-state index in [1.807, 2.05) is 0 Å². The van der Waals surface area contributed by atoms with Gasteiger partial charge in [0.1, 0.15) is 5.82 Å².